The van der Waals surface area contributed by atoms with Gasteiger partial charge in [-0.1, -0.05) is 13.8 Å². The third-order valence-electron chi connectivity index (χ3n) is 2.39. The highest BCUT2D eigenvalue weighted by atomic mass is 16.6. The number of nitrogens with one attached hydrogen (secondary N) is 1. The molecule has 0 spiro atoms. The molecule has 0 bridgehead atoms. The molecule has 0 saturated carbocycles. The molecule has 3 N–H and O–H groups in total. The average Bonchev–Trinajstić information content (AvgIpc) is 2.10. The maximum absolute atomic E-state index is 11.7. The normalized spacial score (nSPS) is 14.6. The van der Waals surface area contributed by atoms with Crippen molar-refractivity contribution in [1.29, 1.82) is 0 Å². The molecule has 0 aliphatic carbocycles. The Labute approximate surface area is 104 Å². The number of nitrogens with two attached hydrogens (primary N) is 1. The van der Waals surface area contributed by atoms with Crippen LogP contribution in [-0.2, 0) is 9.57 Å². The van der Waals surface area contributed by atoms with Crippen LogP contribution in [0.3, 0.4) is 0 Å². The van der Waals surface area contributed by atoms with Crippen molar-refractivity contribution < 1.29 is 14.4 Å². The fourth-order valence-electron chi connectivity index (χ4n) is 1.65. The van der Waals surface area contributed by atoms with E-state index in [9.17, 15) is 4.79 Å². The van der Waals surface area contributed by atoms with Gasteiger partial charge >= 0.3 is 6.09 Å². The highest BCUT2D eigenvalue weighted by Gasteiger charge is 2.35. The van der Waals surface area contributed by atoms with E-state index >= 15 is 0 Å². The number of hydrogen-bond acceptors (Lipinski definition) is 4. The van der Waals surface area contributed by atoms with Gasteiger partial charge in [0.05, 0.1) is 6.04 Å². The predicted octanol–water partition coefficient (Wildman–Crippen LogP) is 2.20. The van der Waals surface area contributed by atoms with E-state index in [1.807, 2.05) is 48.5 Å². The van der Waals surface area contributed by atoms with Gasteiger partial charge < -0.3 is 10.1 Å². The minimum atomic E-state index is -0.648. The van der Waals surface area contributed by atoms with E-state index in [1.54, 1.807) is 0 Å². The molecule has 1 atom stereocenters. The van der Waals surface area contributed by atoms with E-state index in [0.29, 0.717) is 0 Å². The van der Waals surface area contributed by atoms with Crippen LogP contribution in [0.4, 0.5) is 4.79 Å². The second-order valence-electron chi connectivity index (χ2n) is 6.09. The molecule has 17 heavy (non-hydrogen) atoms. The number of alkyl carbamates (subject to hydrolysis) is 1. The Hall–Kier alpha value is -0.810. The highest BCUT2D eigenvalue weighted by molar-refractivity contribution is 5.68. The van der Waals surface area contributed by atoms with Gasteiger partial charge in [-0.2, -0.15) is 0 Å². The van der Waals surface area contributed by atoms with Crippen LogP contribution in [-0.4, -0.2) is 23.3 Å². The Morgan fingerprint density at radius 1 is 1.18 bits per heavy atom. The summed E-state index contributed by atoms with van der Waals surface area (Å²) in [4.78, 5) is 16.6. The van der Waals surface area contributed by atoms with Crippen molar-refractivity contribution in [2.75, 3.05) is 0 Å². The quantitative estimate of drug-likeness (QED) is 0.746. The van der Waals surface area contributed by atoms with Crippen LogP contribution in [0.25, 0.3) is 0 Å². The highest BCUT2D eigenvalue weighted by Crippen LogP contribution is 2.20. The van der Waals surface area contributed by atoms with Crippen LogP contribution >= 0.6 is 0 Å². The first-order valence-corrected chi connectivity index (χ1v) is 5.87. The number of amides is 1. The first-order chi connectivity index (χ1) is 7.49. The first-order valence-electron chi connectivity index (χ1n) is 5.87. The summed E-state index contributed by atoms with van der Waals surface area (Å²) < 4.78 is 5.21. The maximum atomic E-state index is 11.7. The van der Waals surface area contributed by atoms with Gasteiger partial charge in [0.25, 0.3) is 0 Å². The molecule has 0 aliphatic heterocycles. The lowest BCUT2D eigenvalue weighted by Crippen LogP contribution is -2.55. The average molecular weight is 246 g/mol. The minimum absolute atomic E-state index is 0.182. The van der Waals surface area contributed by atoms with Crippen LogP contribution in [0.1, 0.15) is 48.5 Å². The van der Waals surface area contributed by atoms with Gasteiger partial charge in [-0.25, -0.2) is 10.7 Å². The summed E-state index contributed by atoms with van der Waals surface area (Å²) in [5, 5.41) is 2.80. The second-order valence-corrected chi connectivity index (χ2v) is 6.09. The summed E-state index contributed by atoms with van der Waals surface area (Å²) in [5.74, 6) is 5.44. The van der Waals surface area contributed by atoms with Crippen molar-refractivity contribution in [2.24, 2.45) is 11.8 Å². The Morgan fingerprint density at radius 2 is 1.65 bits per heavy atom. The summed E-state index contributed by atoms with van der Waals surface area (Å²) in [6.07, 6.45) is -0.457. The third-order valence-corrected chi connectivity index (χ3v) is 2.39. The summed E-state index contributed by atoms with van der Waals surface area (Å²) in [6, 6.07) is -0.220. The van der Waals surface area contributed by atoms with Crippen LogP contribution in [0, 0.1) is 5.92 Å². The van der Waals surface area contributed by atoms with Crippen LogP contribution < -0.4 is 11.2 Å². The molecule has 1 amide bonds. The molecule has 1 unspecified atom stereocenters. The van der Waals surface area contributed by atoms with Crippen molar-refractivity contribution >= 4 is 6.09 Å². The Kier molecular flexibility index (Phi) is 5.42. The fourth-order valence-corrected chi connectivity index (χ4v) is 1.65. The molecule has 102 valence electrons. The van der Waals surface area contributed by atoms with Crippen LogP contribution in [0.15, 0.2) is 0 Å². The van der Waals surface area contributed by atoms with Crippen molar-refractivity contribution in [1.82, 2.24) is 5.32 Å². The first kappa shape index (κ1) is 16.2. The summed E-state index contributed by atoms with van der Waals surface area (Å²) >= 11 is 0. The summed E-state index contributed by atoms with van der Waals surface area (Å²) in [7, 11) is 0. The van der Waals surface area contributed by atoms with Crippen LogP contribution in [0.5, 0.6) is 0 Å². The van der Waals surface area contributed by atoms with Gasteiger partial charge in [-0.05, 0) is 40.5 Å². The monoisotopic (exact) mass is 246 g/mol. The van der Waals surface area contributed by atoms with E-state index in [0.717, 1.165) is 0 Å². The molecule has 0 aromatic rings. The lowest BCUT2D eigenvalue weighted by Gasteiger charge is -2.36. The molecule has 0 heterocycles. The molecule has 0 aromatic heterocycles. The second kappa shape index (κ2) is 5.69. The largest absolute Gasteiger partial charge is 0.444 e. The van der Waals surface area contributed by atoms with E-state index in [2.05, 4.69) is 5.32 Å². The molecule has 5 nitrogen and oxygen atoms in total. The van der Waals surface area contributed by atoms with Gasteiger partial charge in [0, 0.05) is 0 Å². The fraction of sp³-hybridized carbons (Fsp3) is 0.917. The predicted molar refractivity (Wildman–Crippen MR) is 67.3 cm³/mol. The van der Waals surface area contributed by atoms with Crippen molar-refractivity contribution in [3.8, 4) is 0 Å². The minimum Gasteiger partial charge on any atom is -0.444 e. The molecule has 0 radical (unpaired) electrons. The van der Waals surface area contributed by atoms with E-state index in [1.165, 1.54) is 0 Å². The molecule has 5 heteroatoms. The Morgan fingerprint density at radius 3 is 1.94 bits per heavy atom. The third kappa shape index (κ3) is 5.89. The standard InChI is InChI=1S/C12H26N2O3/c1-8(2)9(12(6,7)17-13)14-10(15)16-11(3,4)5/h8-9H,13H2,1-7H3,(H,14,15). The molecule has 0 saturated heterocycles. The van der Waals surface area contributed by atoms with Gasteiger partial charge in [-0.15, -0.1) is 0 Å². The molecular formula is C12H26N2O3. The molecule has 0 aromatic carbocycles. The number of carbonyl (C=O) groups is 1. The smallest absolute Gasteiger partial charge is 0.407 e. The molecule has 0 rings (SSSR count). The zero-order chi connectivity index (χ0) is 13.9. The van der Waals surface area contributed by atoms with Crippen molar-refractivity contribution in [3.63, 3.8) is 0 Å². The van der Waals surface area contributed by atoms with Crippen molar-refractivity contribution in [3.05, 3.63) is 0 Å². The lowest BCUT2D eigenvalue weighted by atomic mass is 9.89. The van der Waals surface area contributed by atoms with E-state index < -0.39 is 17.3 Å². The zero-order valence-electron chi connectivity index (χ0n) is 12.0. The zero-order valence-corrected chi connectivity index (χ0v) is 12.0. The number of rotatable bonds is 4. The van der Waals surface area contributed by atoms with E-state index in [4.69, 9.17) is 15.5 Å². The van der Waals surface area contributed by atoms with Gasteiger partial charge in [-0.3, -0.25) is 4.84 Å². The topological polar surface area (TPSA) is 73.6 Å². The maximum Gasteiger partial charge on any atom is 0.407 e. The van der Waals surface area contributed by atoms with Crippen LogP contribution in [0.2, 0.25) is 0 Å². The van der Waals surface area contributed by atoms with Gasteiger partial charge in [0.2, 0.25) is 0 Å². The SMILES string of the molecule is CC(C)C(NC(=O)OC(C)(C)C)C(C)(C)ON. The number of hydrogen-bond donors (Lipinski definition) is 2. The summed E-state index contributed by atoms with van der Waals surface area (Å²) in [5.41, 5.74) is -1.16. The summed E-state index contributed by atoms with van der Waals surface area (Å²) in [6.45, 7) is 13.1. The van der Waals surface area contributed by atoms with E-state index in [-0.39, 0.29) is 12.0 Å². The van der Waals surface area contributed by atoms with Gasteiger partial charge in [0.15, 0.2) is 0 Å². The number of ether oxygens (including phenoxy) is 1. The molecule has 0 fully saturated rings. The molecule has 0 aliphatic rings. The Balaban J connectivity index is 4.63. The molecular weight excluding hydrogens is 220 g/mol. The Bertz CT molecular complexity index is 257. The number of carbonyl (C=O) groups excluding carboxylic acids is 1. The van der Waals surface area contributed by atoms with Gasteiger partial charge in [0.1, 0.15) is 11.2 Å². The van der Waals surface area contributed by atoms with Crippen molar-refractivity contribution in [2.45, 2.75) is 65.7 Å². The lowest BCUT2D eigenvalue weighted by molar-refractivity contribution is -0.0592.